The molecule has 6 heteroatoms. The molecule has 0 heterocycles. The SMILES string of the molecule is O=C(O)c1cc(-c2ccc(Cl)cc2)cc([N+](=O)[O-])c1. The van der Waals surface area contributed by atoms with Crippen LogP contribution in [-0.2, 0) is 0 Å². The quantitative estimate of drug-likeness (QED) is 0.686. The average molecular weight is 278 g/mol. The van der Waals surface area contributed by atoms with E-state index in [1.165, 1.54) is 12.1 Å². The van der Waals surface area contributed by atoms with Gasteiger partial charge in [-0.1, -0.05) is 23.7 Å². The summed E-state index contributed by atoms with van der Waals surface area (Å²) in [5.41, 5.74) is 0.739. The molecule has 0 aliphatic heterocycles. The number of hydrogen-bond donors (Lipinski definition) is 1. The molecule has 0 saturated carbocycles. The lowest BCUT2D eigenvalue weighted by Crippen LogP contribution is -1.99. The Bertz CT molecular complexity index is 620. The fourth-order valence-electron chi connectivity index (χ4n) is 1.65. The highest BCUT2D eigenvalue weighted by molar-refractivity contribution is 6.30. The van der Waals surface area contributed by atoms with E-state index in [4.69, 9.17) is 16.7 Å². The highest BCUT2D eigenvalue weighted by Gasteiger charge is 2.14. The number of nitro groups is 1. The van der Waals surface area contributed by atoms with E-state index >= 15 is 0 Å². The third-order valence-electron chi connectivity index (χ3n) is 2.55. The molecule has 2 rings (SSSR count). The van der Waals surface area contributed by atoms with Crippen LogP contribution in [0.3, 0.4) is 0 Å². The first-order chi connectivity index (χ1) is 8.97. The van der Waals surface area contributed by atoms with Gasteiger partial charge in [0.25, 0.3) is 5.69 Å². The fourth-order valence-corrected chi connectivity index (χ4v) is 1.78. The Morgan fingerprint density at radius 3 is 2.26 bits per heavy atom. The molecule has 2 aromatic carbocycles. The van der Waals surface area contributed by atoms with Crippen LogP contribution in [0.15, 0.2) is 42.5 Å². The standard InChI is InChI=1S/C13H8ClNO4/c14-11-3-1-8(2-4-11)9-5-10(13(16)17)7-12(6-9)15(18)19/h1-7H,(H,16,17). The molecule has 0 aliphatic carbocycles. The number of benzene rings is 2. The van der Waals surface area contributed by atoms with Gasteiger partial charge in [0.1, 0.15) is 0 Å². The summed E-state index contributed by atoms with van der Waals surface area (Å²) in [6.45, 7) is 0. The van der Waals surface area contributed by atoms with Crippen LogP contribution in [0.2, 0.25) is 5.02 Å². The van der Waals surface area contributed by atoms with Gasteiger partial charge in [0.2, 0.25) is 0 Å². The minimum atomic E-state index is -1.21. The molecule has 5 nitrogen and oxygen atoms in total. The third kappa shape index (κ3) is 2.89. The van der Waals surface area contributed by atoms with Crippen LogP contribution >= 0.6 is 11.6 Å². The van der Waals surface area contributed by atoms with Crippen LogP contribution < -0.4 is 0 Å². The van der Waals surface area contributed by atoms with E-state index in [2.05, 4.69) is 0 Å². The topological polar surface area (TPSA) is 80.4 Å². The van der Waals surface area contributed by atoms with E-state index in [1.807, 2.05) is 0 Å². The van der Waals surface area contributed by atoms with Gasteiger partial charge in [-0.05, 0) is 29.3 Å². The van der Waals surface area contributed by atoms with Gasteiger partial charge in [0.15, 0.2) is 0 Å². The summed E-state index contributed by atoms with van der Waals surface area (Å²) in [5, 5.41) is 20.3. The Hall–Kier alpha value is -2.40. The number of carbonyl (C=O) groups is 1. The van der Waals surface area contributed by atoms with E-state index in [0.717, 1.165) is 6.07 Å². The average Bonchev–Trinajstić information content (AvgIpc) is 2.39. The molecule has 0 unspecified atom stereocenters. The first-order valence-electron chi connectivity index (χ1n) is 5.26. The summed E-state index contributed by atoms with van der Waals surface area (Å²) in [4.78, 5) is 21.2. The van der Waals surface area contributed by atoms with Gasteiger partial charge in [-0.2, -0.15) is 0 Å². The molecule has 0 saturated heterocycles. The summed E-state index contributed by atoms with van der Waals surface area (Å²) in [6.07, 6.45) is 0. The number of rotatable bonds is 3. The molecule has 0 aromatic heterocycles. The Kier molecular flexibility index (Phi) is 3.48. The molecular weight excluding hydrogens is 270 g/mol. The predicted octanol–water partition coefficient (Wildman–Crippen LogP) is 3.61. The Balaban J connectivity index is 2.59. The van der Waals surface area contributed by atoms with Crippen LogP contribution in [0.1, 0.15) is 10.4 Å². The van der Waals surface area contributed by atoms with E-state index < -0.39 is 10.9 Å². The van der Waals surface area contributed by atoms with E-state index in [9.17, 15) is 14.9 Å². The molecule has 1 N–H and O–H groups in total. The van der Waals surface area contributed by atoms with Crippen molar-refractivity contribution in [2.75, 3.05) is 0 Å². The number of nitro benzene ring substituents is 1. The maximum atomic E-state index is 11.0. The zero-order chi connectivity index (χ0) is 14.0. The van der Waals surface area contributed by atoms with Gasteiger partial charge in [0.05, 0.1) is 10.5 Å². The molecule has 0 amide bonds. The Labute approximate surface area is 113 Å². The zero-order valence-corrected chi connectivity index (χ0v) is 10.3. The van der Waals surface area contributed by atoms with Crippen LogP contribution in [0.5, 0.6) is 0 Å². The summed E-state index contributed by atoms with van der Waals surface area (Å²) in [7, 11) is 0. The van der Waals surface area contributed by atoms with Crippen molar-refractivity contribution >= 4 is 23.3 Å². The van der Waals surface area contributed by atoms with Gasteiger partial charge >= 0.3 is 5.97 Å². The van der Waals surface area contributed by atoms with Crippen LogP contribution in [-0.4, -0.2) is 16.0 Å². The number of non-ortho nitro benzene ring substituents is 1. The minimum Gasteiger partial charge on any atom is -0.478 e. The second-order valence-corrected chi connectivity index (χ2v) is 4.27. The largest absolute Gasteiger partial charge is 0.478 e. The van der Waals surface area contributed by atoms with Crippen molar-refractivity contribution in [1.29, 1.82) is 0 Å². The maximum Gasteiger partial charge on any atom is 0.335 e. The first-order valence-corrected chi connectivity index (χ1v) is 5.64. The molecule has 0 bridgehead atoms. The molecule has 0 radical (unpaired) electrons. The molecule has 96 valence electrons. The van der Waals surface area contributed by atoms with Gasteiger partial charge in [-0.15, -0.1) is 0 Å². The van der Waals surface area contributed by atoms with Gasteiger partial charge in [0, 0.05) is 17.2 Å². The third-order valence-corrected chi connectivity index (χ3v) is 2.81. The van der Waals surface area contributed by atoms with Crippen molar-refractivity contribution in [3.8, 4) is 11.1 Å². The van der Waals surface area contributed by atoms with Crippen molar-refractivity contribution in [3.05, 3.63) is 63.2 Å². The predicted molar refractivity (Wildman–Crippen MR) is 70.5 cm³/mol. The minimum absolute atomic E-state index is 0.126. The Morgan fingerprint density at radius 2 is 1.74 bits per heavy atom. The van der Waals surface area contributed by atoms with Crippen LogP contribution in [0.4, 0.5) is 5.69 Å². The van der Waals surface area contributed by atoms with Crippen molar-refractivity contribution < 1.29 is 14.8 Å². The second kappa shape index (κ2) is 5.07. The van der Waals surface area contributed by atoms with E-state index in [-0.39, 0.29) is 11.3 Å². The number of carboxylic acids is 1. The second-order valence-electron chi connectivity index (χ2n) is 3.84. The van der Waals surface area contributed by atoms with Gasteiger partial charge in [-0.3, -0.25) is 10.1 Å². The lowest BCUT2D eigenvalue weighted by atomic mass is 10.0. The normalized spacial score (nSPS) is 10.2. The number of hydrogen-bond acceptors (Lipinski definition) is 3. The van der Waals surface area contributed by atoms with Crippen molar-refractivity contribution in [2.24, 2.45) is 0 Å². The van der Waals surface area contributed by atoms with Crippen LogP contribution in [0.25, 0.3) is 11.1 Å². The summed E-state index contributed by atoms with van der Waals surface area (Å²) >= 11 is 5.76. The van der Waals surface area contributed by atoms with Crippen molar-refractivity contribution in [1.82, 2.24) is 0 Å². The van der Waals surface area contributed by atoms with Crippen molar-refractivity contribution in [2.45, 2.75) is 0 Å². The molecule has 0 fully saturated rings. The zero-order valence-electron chi connectivity index (χ0n) is 9.54. The molecule has 0 aliphatic rings. The summed E-state index contributed by atoms with van der Waals surface area (Å²) in [6, 6.07) is 10.4. The summed E-state index contributed by atoms with van der Waals surface area (Å²) in [5.74, 6) is -1.21. The molecule has 19 heavy (non-hydrogen) atoms. The lowest BCUT2D eigenvalue weighted by Gasteiger charge is -2.04. The lowest BCUT2D eigenvalue weighted by molar-refractivity contribution is -0.384. The number of nitrogens with zero attached hydrogens (tertiary/aromatic N) is 1. The van der Waals surface area contributed by atoms with Crippen molar-refractivity contribution in [3.63, 3.8) is 0 Å². The summed E-state index contributed by atoms with van der Waals surface area (Å²) < 4.78 is 0. The fraction of sp³-hybridized carbons (Fsp3) is 0. The first kappa shape index (κ1) is 13.0. The number of aromatic carboxylic acids is 1. The molecule has 0 atom stereocenters. The Morgan fingerprint density at radius 1 is 1.11 bits per heavy atom. The highest BCUT2D eigenvalue weighted by atomic mass is 35.5. The van der Waals surface area contributed by atoms with Gasteiger partial charge in [-0.25, -0.2) is 4.79 Å². The van der Waals surface area contributed by atoms with Gasteiger partial charge < -0.3 is 5.11 Å². The van der Waals surface area contributed by atoms with E-state index in [0.29, 0.717) is 16.1 Å². The monoisotopic (exact) mass is 277 g/mol. The smallest absolute Gasteiger partial charge is 0.335 e. The molecular formula is C13H8ClNO4. The van der Waals surface area contributed by atoms with Crippen LogP contribution in [0, 0.1) is 10.1 Å². The highest BCUT2D eigenvalue weighted by Crippen LogP contribution is 2.27. The number of carboxylic acid groups (broad SMARTS) is 1. The molecule has 0 spiro atoms. The van der Waals surface area contributed by atoms with E-state index in [1.54, 1.807) is 24.3 Å². The number of halogens is 1. The maximum absolute atomic E-state index is 11.0. The molecule has 2 aromatic rings.